The Morgan fingerprint density at radius 3 is 1.84 bits per heavy atom. The predicted octanol–water partition coefficient (Wildman–Crippen LogP) is -2.82. The monoisotopic (exact) mass is 463 g/mol. The van der Waals surface area contributed by atoms with Crippen molar-refractivity contribution in [1.29, 1.82) is 0 Å². The van der Waals surface area contributed by atoms with Crippen molar-refractivity contribution in [3.8, 4) is 0 Å². The molecule has 14 heteroatoms. The van der Waals surface area contributed by atoms with Gasteiger partial charge in [0.15, 0.2) is 0 Å². The molecule has 0 saturated heterocycles. The van der Waals surface area contributed by atoms with Crippen molar-refractivity contribution in [3.05, 3.63) is 0 Å². The molecular formula is C17H29N5O8S. The number of rotatable bonds is 14. The molecule has 0 radical (unpaired) electrons. The third kappa shape index (κ3) is 10.6. The normalized spacial score (nSPS) is 14.6. The lowest BCUT2D eigenvalue weighted by Crippen LogP contribution is -2.58. The standard InChI is InChI=1S/C17H29N5O8S/c1-7(2)13(17(29)30)22-16(28)10(6-31)21-15(27)9(3-4-12(24)25)20-14(26)8(18)5-11(19)23/h7-10,13,31H,3-6,18H2,1-2H3,(H2,19,23)(H,20,26)(H,21,27)(H,22,28)(H,24,25)(H,29,30). The van der Waals surface area contributed by atoms with Crippen LogP contribution in [0.15, 0.2) is 0 Å². The van der Waals surface area contributed by atoms with Crippen molar-refractivity contribution < 1.29 is 39.0 Å². The van der Waals surface area contributed by atoms with E-state index in [1.54, 1.807) is 13.8 Å². The van der Waals surface area contributed by atoms with Gasteiger partial charge in [-0.3, -0.25) is 24.0 Å². The topological polar surface area (TPSA) is 231 Å². The minimum Gasteiger partial charge on any atom is -0.481 e. The first kappa shape index (κ1) is 28.1. The Morgan fingerprint density at radius 2 is 1.42 bits per heavy atom. The summed E-state index contributed by atoms with van der Waals surface area (Å²) in [5.41, 5.74) is 10.5. The number of thiol groups is 1. The molecule has 4 amide bonds. The van der Waals surface area contributed by atoms with Gasteiger partial charge in [-0.1, -0.05) is 13.8 Å². The molecule has 0 fully saturated rings. The van der Waals surface area contributed by atoms with Crippen molar-refractivity contribution in [2.45, 2.75) is 57.3 Å². The van der Waals surface area contributed by atoms with Gasteiger partial charge >= 0.3 is 11.9 Å². The van der Waals surface area contributed by atoms with E-state index in [1.165, 1.54) is 0 Å². The van der Waals surface area contributed by atoms with Crippen LogP contribution in [0, 0.1) is 5.92 Å². The van der Waals surface area contributed by atoms with Gasteiger partial charge < -0.3 is 37.6 Å². The van der Waals surface area contributed by atoms with Crippen molar-refractivity contribution >= 4 is 48.2 Å². The molecule has 0 aliphatic rings. The number of primary amides is 1. The maximum atomic E-state index is 12.6. The quantitative estimate of drug-likeness (QED) is 0.124. The average Bonchev–Trinajstić information content (AvgIpc) is 2.65. The van der Waals surface area contributed by atoms with Gasteiger partial charge in [0.2, 0.25) is 23.6 Å². The van der Waals surface area contributed by atoms with Crippen molar-refractivity contribution in [3.63, 3.8) is 0 Å². The molecular weight excluding hydrogens is 434 g/mol. The summed E-state index contributed by atoms with van der Waals surface area (Å²) in [5.74, 6) is -6.64. The van der Waals surface area contributed by atoms with E-state index in [0.29, 0.717) is 0 Å². The van der Waals surface area contributed by atoms with Gasteiger partial charge in [0, 0.05) is 12.2 Å². The van der Waals surface area contributed by atoms with E-state index < -0.39 is 78.5 Å². The number of carbonyl (C=O) groups is 6. The summed E-state index contributed by atoms with van der Waals surface area (Å²) in [7, 11) is 0. The van der Waals surface area contributed by atoms with Crippen LogP contribution in [-0.4, -0.2) is 75.7 Å². The number of hydrogen-bond donors (Lipinski definition) is 8. The highest BCUT2D eigenvalue weighted by Crippen LogP contribution is 2.05. The molecule has 0 aromatic heterocycles. The van der Waals surface area contributed by atoms with Crippen LogP contribution < -0.4 is 27.4 Å². The molecule has 0 rings (SSSR count). The molecule has 0 bridgehead atoms. The van der Waals surface area contributed by atoms with Crippen LogP contribution in [0.3, 0.4) is 0 Å². The Morgan fingerprint density at radius 1 is 0.903 bits per heavy atom. The molecule has 0 heterocycles. The van der Waals surface area contributed by atoms with Gasteiger partial charge in [-0.2, -0.15) is 12.6 Å². The van der Waals surface area contributed by atoms with E-state index >= 15 is 0 Å². The van der Waals surface area contributed by atoms with Crippen molar-refractivity contribution in [2.24, 2.45) is 17.4 Å². The highest BCUT2D eigenvalue weighted by molar-refractivity contribution is 7.80. The van der Waals surface area contributed by atoms with Gasteiger partial charge in [0.25, 0.3) is 0 Å². The molecule has 0 saturated carbocycles. The Kier molecular flexibility index (Phi) is 12.2. The number of amides is 4. The van der Waals surface area contributed by atoms with Gasteiger partial charge in [-0.05, 0) is 12.3 Å². The minimum absolute atomic E-state index is 0.206. The summed E-state index contributed by atoms with van der Waals surface area (Å²) >= 11 is 3.97. The molecule has 0 aromatic rings. The lowest BCUT2D eigenvalue weighted by atomic mass is 10.0. The summed E-state index contributed by atoms with van der Waals surface area (Å²) in [4.78, 5) is 70.1. The Labute approximate surface area is 184 Å². The number of carbonyl (C=O) groups excluding carboxylic acids is 4. The van der Waals surface area contributed by atoms with Crippen LogP contribution in [0.1, 0.15) is 33.1 Å². The van der Waals surface area contributed by atoms with Crippen LogP contribution in [-0.2, 0) is 28.8 Å². The fraction of sp³-hybridized carbons (Fsp3) is 0.647. The molecule has 4 atom stereocenters. The first-order chi connectivity index (χ1) is 14.3. The SMILES string of the molecule is CC(C)C(NC(=O)C(CS)NC(=O)C(CCC(=O)O)NC(=O)C(N)CC(N)=O)C(=O)O. The molecule has 0 spiro atoms. The van der Waals surface area contributed by atoms with Crippen molar-refractivity contribution in [1.82, 2.24) is 16.0 Å². The van der Waals surface area contributed by atoms with Crippen LogP contribution in [0.2, 0.25) is 0 Å². The van der Waals surface area contributed by atoms with E-state index in [-0.39, 0.29) is 12.2 Å². The summed E-state index contributed by atoms with van der Waals surface area (Å²) in [6.45, 7) is 3.17. The van der Waals surface area contributed by atoms with Crippen LogP contribution >= 0.6 is 12.6 Å². The van der Waals surface area contributed by atoms with Gasteiger partial charge in [-0.25, -0.2) is 4.79 Å². The average molecular weight is 464 g/mol. The Hall–Kier alpha value is -2.87. The third-order valence-electron chi connectivity index (χ3n) is 4.08. The van der Waals surface area contributed by atoms with Crippen LogP contribution in [0.5, 0.6) is 0 Å². The lowest BCUT2D eigenvalue weighted by molar-refractivity contribution is -0.143. The second-order valence-corrected chi connectivity index (χ2v) is 7.45. The fourth-order valence-electron chi connectivity index (χ4n) is 2.36. The summed E-state index contributed by atoms with van der Waals surface area (Å²) in [5, 5.41) is 24.9. The molecule has 0 aliphatic carbocycles. The highest BCUT2D eigenvalue weighted by Gasteiger charge is 2.31. The zero-order valence-corrected chi connectivity index (χ0v) is 18.1. The maximum Gasteiger partial charge on any atom is 0.326 e. The predicted molar refractivity (Wildman–Crippen MR) is 111 cm³/mol. The van der Waals surface area contributed by atoms with Crippen LogP contribution in [0.4, 0.5) is 0 Å². The fourth-order valence-corrected chi connectivity index (χ4v) is 2.62. The highest BCUT2D eigenvalue weighted by atomic mass is 32.1. The van der Waals surface area contributed by atoms with E-state index in [1.807, 2.05) is 0 Å². The number of nitrogens with two attached hydrogens (primary N) is 2. The zero-order valence-electron chi connectivity index (χ0n) is 17.2. The third-order valence-corrected chi connectivity index (χ3v) is 4.45. The summed E-state index contributed by atoms with van der Waals surface area (Å²) in [6, 6.07) is -5.22. The first-order valence-corrected chi connectivity index (χ1v) is 9.93. The van der Waals surface area contributed by atoms with Gasteiger partial charge in [0.1, 0.15) is 18.1 Å². The minimum atomic E-state index is -1.39. The second-order valence-electron chi connectivity index (χ2n) is 7.08. The Balaban J connectivity index is 5.32. The Bertz CT molecular complexity index is 702. The smallest absolute Gasteiger partial charge is 0.326 e. The molecule has 31 heavy (non-hydrogen) atoms. The van der Waals surface area contributed by atoms with Crippen LogP contribution in [0.25, 0.3) is 0 Å². The number of carboxylic acid groups (broad SMARTS) is 2. The van der Waals surface area contributed by atoms with Gasteiger partial charge in [0.05, 0.1) is 12.5 Å². The largest absolute Gasteiger partial charge is 0.481 e. The molecule has 176 valence electrons. The number of hydrogen-bond acceptors (Lipinski definition) is 8. The number of carboxylic acids is 2. The zero-order chi connectivity index (χ0) is 24.3. The molecule has 9 N–H and O–H groups in total. The van der Waals surface area contributed by atoms with E-state index in [0.717, 1.165) is 0 Å². The first-order valence-electron chi connectivity index (χ1n) is 9.30. The number of nitrogens with one attached hydrogen (secondary N) is 3. The van der Waals surface area contributed by atoms with Gasteiger partial charge in [-0.15, -0.1) is 0 Å². The van der Waals surface area contributed by atoms with E-state index in [2.05, 4.69) is 28.6 Å². The van der Waals surface area contributed by atoms with E-state index in [4.69, 9.17) is 16.6 Å². The van der Waals surface area contributed by atoms with E-state index in [9.17, 15) is 33.9 Å². The number of aliphatic carboxylic acids is 2. The molecule has 0 aliphatic heterocycles. The molecule has 0 aromatic carbocycles. The summed E-state index contributed by atoms with van der Waals surface area (Å²) < 4.78 is 0. The maximum absolute atomic E-state index is 12.6. The second kappa shape index (κ2) is 13.4. The summed E-state index contributed by atoms with van der Waals surface area (Å²) in [6.07, 6.45) is -1.32. The molecule has 13 nitrogen and oxygen atoms in total. The molecule has 4 unspecified atom stereocenters. The lowest BCUT2D eigenvalue weighted by Gasteiger charge is -2.25. The van der Waals surface area contributed by atoms with Crippen molar-refractivity contribution in [2.75, 3.05) is 5.75 Å².